The third-order valence-electron chi connectivity index (χ3n) is 5.28. The average molecular weight is 390 g/mol. The fourth-order valence-corrected chi connectivity index (χ4v) is 3.49. The van der Waals surface area contributed by atoms with Gasteiger partial charge in [-0.05, 0) is 81.4 Å². The summed E-state index contributed by atoms with van der Waals surface area (Å²) in [5.74, 6) is 0.631. The van der Waals surface area contributed by atoms with Crippen molar-refractivity contribution in [2.24, 2.45) is 10.9 Å². The van der Waals surface area contributed by atoms with E-state index in [1.807, 2.05) is 31.2 Å². The molecule has 0 unspecified atom stereocenters. The van der Waals surface area contributed by atoms with Crippen LogP contribution >= 0.6 is 0 Å². The van der Waals surface area contributed by atoms with Crippen molar-refractivity contribution in [1.82, 2.24) is 9.88 Å². The molecule has 1 aliphatic rings. The van der Waals surface area contributed by atoms with Gasteiger partial charge in [0.05, 0.1) is 0 Å². The van der Waals surface area contributed by atoms with Gasteiger partial charge in [0, 0.05) is 29.3 Å². The van der Waals surface area contributed by atoms with Gasteiger partial charge >= 0.3 is 0 Å². The molecule has 0 atom stereocenters. The number of hydrogen-bond donors (Lipinski definition) is 1. The van der Waals surface area contributed by atoms with Crippen LogP contribution in [-0.2, 0) is 9.59 Å². The number of carbonyl (C=O) groups excluding carboxylic acids is 2. The number of anilines is 1. The van der Waals surface area contributed by atoms with E-state index in [-0.39, 0.29) is 11.8 Å². The highest BCUT2D eigenvalue weighted by molar-refractivity contribution is 5.95. The summed E-state index contributed by atoms with van der Waals surface area (Å²) < 4.78 is 0. The van der Waals surface area contributed by atoms with Crippen LogP contribution in [0.1, 0.15) is 25.3 Å². The molecule has 1 saturated heterocycles. The second-order valence-electron chi connectivity index (χ2n) is 7.46. The zero-order valence-corrected chi connectivity index (χ0v) is 16.9. The molecule has 0 bridgehead atoms. The third-order valence-corrected chi connectivity index (χ3v) is 5.28. The van der Waals surface area contributed by atoms with Crippen LogP contribution in [0.5, 0.6) is 0 Å². The molecule has 0 radical (unpaired) electrons. The smallest absolute Gasteiger partial charge is 0.228 e. The number of hydrogen-bond acceptors (Lipinski definition) is 5. The largest absolute Gasteiger partial charge is 0.310 e. The Morgan fingerprint density at radius 2 is 2.03 bits per heavy atom. The number of piperidine rings is 1. The number of rotatable bonds is 6. The molecule has 1 aliphatic heterocycles. The van der Waals surface area contributed by atoms with Crippen LogP contribution in [0.15, 0.2) is 53.3 Å². The minimum atomic E-state index is 0.0345. The molecule has 29 heavy (non-hydrogen) atoms. The molecule has 1 N–H and O–H groups in total. The minimum absolute atomic E-state index is 0.0345. The first kappa shape index (κ1) is 20.6. The monoisotopic (exact) mass is 390 g/mol. The fraction of sp³-hybridized carbons (Fsp3) is 0.304. The topological polar surface area (TPSA) is 74.7 Å². The van der Waals surface area contributed by atoms with Crippen LogP contribution in [0.3, 0.4) is 0 Å². The van der Waals surface area contributed by atoms with Gasteiger partial charge in [0.2, 0.25) is 5.91 Å². The number of nitrogens with one attached hydrogen (secondary N) is 1. The Labute approximate surface area is 171 Å². The maximum Gasteiger partial charge on any atom is 0.228 e. The van der Waals surface area contributed by atoms with Crippen LogP contribution in [0.4, 0.5) is 5.82 Å². The third kappa shape index (κ3) is 5.23. The van der Waals surface area contributed by atoms with E-state index < -0.39 is 0 Å². The van der Waals surface area contributed by atoms with E-state index in [1.54, 1.807) is 12.3 Å². The molecule has 0 saturated carbocycles. The fourth-order valence-electron chi connectivity index (χ4n) is 3.49. The van der Waals surface area contributed by atoms with Gasteiger partial charge in [-0.3, -0.25) is 14.6 Å². The quantitative estimate of drug-likeness (QED) is 0.353. The summed E-state index contributed by atoms with van der Waals surface area (Å²) in [6.07, 6.45) is 7.46. The van der Waals surface area contributed by atoms with Crippen LogP contribution in [0, 0.1) is 5.92 Å². The molecule has 1 amide bonds. The summed E-state index contributed by atoms with van der Waals surface area (Å²) in [7, 11) is 2.08. The van der Waals surface area contributed by atoms with Gasteiger partial charge < -0.3 is 10.2 Å². The normalized spacial score (nSPS) is 16.6. The number of pyridine rings is 1. The summed E-state index contributed by atoms with van der Waals surface area (Å²) >= 11 is 0. The maximum absolute atomic E-state index is 12.6. The van der Waals surface area contributed by atoms with Crippen LogP contribution in [0.25, 0.3) is 16.3 Å². The van der Waals surface area contributed by atoms with Crippen LogP contribution in [0.2, 0.25) is 0 Å². The zero-order chi connectivity index (χ0) is 20.8. The Hall–Kier alpha value is -3.12. The number of aldehydes is 1. The van der Waals surface area contributed by atoms with Gasteiger partial charge in [-0.1, -0.05) is 12.1 Å². The molecule has 1 fully saturated rings. The highest BCUT2D eigenvalue weighted by Crippen LogP contribution is 2.24. The summed E-state index contributed by atoms with van der Waals surface area (Å²) in [5, 5.41) is 4.93. The van der Waals surface area contributed by atoms with Crippen molar-refractivity contribution >= 4 is 41.1 Å². The van der Waals surface area contributed by atoms with E-state index in [1.165, 1.54) is 6.20 Å². The zero-order valence-electron chi connectivity index (χ0n) is 16.9. The van der Waals surface area contributed by atoms with Crippen LogP contribution in [-0.4, -0.2) is 48.9 Å². The lowest BCUT2D eigenvalue weighted by atomic mass is 9.96. The molecule has 6 heteroatoms. The Kier molecular flexibility index (Phi) is 6.67. The van der Waals surface area contributed by atoms with E-state index in [4.69, 9.17) is 0 Å². The van der Waals surface area contributed by atoms with Gasteiger partial charge in [0.1, 0.15) is 5.82 Å². The first-order valence-corrected chi connectivity index (χ1v) is 9.69. The van der Waals surface area contributed by atoms with Gasteiger partial charge in [-0.15, -0.1) is 0 Å². The van der Waals surface area contributed by atoms with Crippen LogP contribution < -0.4 is 5.32 Å². The number of benzene rings is 1. The maximum atomic E-state index is 12.6. The second-order valence-corrected chi connectivity index (χ2v) is 7.46. The summed E-state index contributed by atoms with van der Waals surface area (Å²) in [5.41, 5.74) is 2.37. The molecule has 0 aliphatic carbocycles. The van der Waals surface area contributed by atoms with E-state index >= 15 is 0 Å². The standard InChI is InChI=1S/C23H26N4O2/c1-16(10-17(15-28)13-24-2)19-4-5-20-14-25-22(12-21(20)11-19)26-23(29)18-6-8-27(3)9-7-18/h4-5,10-15,18H,2,6-9H2,1,3H3,(H,25,26,29)/b16-10+,17-13+. The molecule has 3 rings (SSSR count). The minimum Gasteiger partial charge on any atom is -0.310 e. The Balaban J connectivity index is 1.81. The molecule has 150 valence electrons. The number of likely N-dealkylation sites (tertiary alicyclic amines) is 1. The predicted molar refractivity (Wildman–Crippen MR) is 118 cm³/mol. The average Bonchev–Trinajstić information content (AvgIpc) is 2.73. The SMILES string of the molecule is C=N/C=C(C=O)\C=C(/C)c1ccc2cnc(NC(=O)C3CCN(C)CC3)cc2c1. The highest BCUT2D eigenvalue weighted by atomic mass is 16.2. The summed E-state index contributed by atoms with van der Waals surface area (Å²) in [4.78, 5) is 34.0. The number of allylic oxidation sites excluding steroid dienone is 3. The number of aliphatic imine (C=N–C) groups is 1. The molecular formula is C23H26N4O2. The Morgan fingerprint density at radius 1 is 1.28 bits per heavy atom. The lowest BCUT2D eigenvalue weighted by Gasteiger charge is -2.27. The number of carbonyl (C=O) groups is 2. The summed E-state index contributed by atoms with van der Waals surface area (Å²) in [6.45, 7) is 7.20. The van der Waals surface area contributed by atoms with Crippen molar-refractivity contribution in [2.45, 2.75) is 19.8 Å². The Bertz CT molecular complexity index is 986. The van der Waals surface area contributed by atoms with E-state index in [2.05, 4.69) is 34.0 Å². The number of fused-ring (bicyclic) bond motifs is 1. The number of amides is 1. The predicted octanol–water partition coefficient (Wildman–Crippen LogP) is 3.70. The molecule has 1 aromatic heterocycles. The summed E-state index contributed by atoms with van der Waals surface area (Å²) in [6, 6.07) is 7.88. The van der Waals surface area contributed by atoms with E-state index in [0.29, 0.717) is 11.4 Å². The molecule has 1 aromatic carbocycles. The highest BCUT2D eigenvalue weighted by Gasteiger charge is 2.23. The second kappa shape index (κ2) is 9.39. The number of aromatic nitrogens is 1. The van der Waals surface area contributed by atoms with Crippen molar-refractivity contribution < 1.29 is 9.59 Å². The van der Waals surface area contributed by atoms with E-state index in [0.717, 1.165) is 54.1 Å². The first-order valence-electron chi connectivity index (χ1n) is 9.69. The Morgan fingerprint density at radius 3 is 2.72 bits per heavy atom. The lowest BCUT2D eigenvalue weighted by Crippen LogP contribution is -2.36. The van der Waals surface area contributed by atoms with E-state index in [9.17, 15) is 9.59 Å². The van der Waals surface area contributed by atoms with Gasteiger partial charge in [0.15, 0.2) is 6.29 Å². The first-order chi connectivity index (χ1) is 14.0. The van der Waals surface area contributed by atoms with Crippen molar-refractivity contribution in [1.29, 1.82) is 0 Å². The van der Waals surface area contributed by atoms with Crippen molar-refractivity contribution in [3.05, 3.63) is 53.9 Å². The van der Waals surface area contributed by atoms with Gasteiger partial charge in [-0.2, -0.15) is 0 Å². The van der Waals surface area contributed by atoms with Gasteiger partial charge in [-0.25, -0.2) is 4.98 Å². The molecule has 2 heterocycles. The molecule has 2 aromatic rings. The molecule has 0 spiro atoms. The lowest BCUT2D eigenvalue weighted by molar-refractivity contribution is -0.121. The van der Waals surface area contributed by atoms with Crippen molar-refractivity contribution in [2.75, 3.05) is 25.5 Å². The number of nitrogens with zero attached hydrogens (tertiary/aromatic N) is 3. The molecule has 6 nitrogen and oxygen atoms in total. The molecular weight excluding hydrogens is 364 g/mol. The van der Waals surface area contributed by atoms with Crippen molar-refractivity contribution in [3.8, 4) is 0 Å². The van der Waals surface area contributed by atoms with Crippen molar-refractivity contribution in [3.63, 3.8) is 0 Å². The van der Waals surface area contributed by atoms with Gasteiger partial charge in [0.25, 0.3) is 0 Å².